The molecule has 0 saturated heterocycles. The largest absolute Gasteiger partial charge is 0.478 e. The van der Waals surface area contributed by atoms with Gasteiger partial charge in [0.1, 0.15) is 0 Å². The number of aromatic carboxylic acids is 2. The van der Waals surface area contributed by atoms with Crippen molar-refractivity contribution in [3.63, 3.8) is 0 Å². The van der Waals surface area contributed by atoms with Crippen LogP contribution >= 0.6 is 0 Å². The van der Waals surface area contributed by atoms with Gasteiger partial charge in [0.05, 0.1) is 11.1 Å². The van der Waals surface area contributed by atoms with Gasteiger partial charge in [0.25, 0.3) is 0 Å². The summed E-state index contributed by atoms with van der Waals surface area (Å²) in [6.45, 7) is 0.501. The van der Waals surface area contributed by atoms with E-state index >= 15 is 0 Å². The third-order valence-electron chi connectivity index (χ3n) is 1.99. The molecule has 5 nitrogen and oxygen atoms in total. The zero-order chi connectivity index (χ0) is 12.3. The van der Waals surface area contributed by atoms with Crippen LogP contribution in [0.25, 0.3) is 0 Å². The maximum atomic E-state index is 10.8. The van der Waals surface area contributed by atoms with Crippen LogP contribution in [-0.4, -0.2) is 41.1 Å². The van der Waals surface area contributed by atoms with E-state index in [0.29, 0.717) is 12.1 Å². The average molecular weight is 223 g/mol. The van der Waals surface area contributed by atoms with Crippen LogP contribution in [0, 0.1) is 0 Å². The van der Waals surface area contributed by atoms with Crippen LogP contribution in [0.2, 0.25) is 0 Å². The zero-order valence-corrected chi connectivity index (χ0v) is 9.10. The standard InChI is InChI=1S/C11H13NO4/c1-12(2)6-7-3-8(10(13)14)5-9(4-7)11(15)16/h3-5H,6H2,1-2H3,(H,13,14)(H,15,16). The summed E-state index contributed by atoms with van der Waals surface area (Å²) in [4.78, 5) is 23.5. The van der Waals surface area contributed by atoms with Gasteiger partial charge < -0.3 is 15.1 Å². The second-order valence-corrected chi connectivity index (χ2v) is 3.77. The summed E-state index contributed by atoms with van der Waals surface area (Å²) in [5.41, 5.74) is 0.663. The summed E-state index contributed by atoms with van der Waals surface area (Å²) in [5.74, 6) is -2.24. The predicted octanol–water partition coefficient (Wildman–Crippen LogP) is 1.14. The van der Waals surface area contributed by atoms with E-state index in [1.807, 2.05) is 19.0 Å². The Morgan fingerprint density at radius 3 is 1.81 bits per heavy atom. The molecule has 1 aromatic rings. The minimum Gasteiger partial charge on any atom is -0.478 e. The number of carboxylic acid groups (broad SMARTS) is 2. The van der Waals surface area contributed by atoms with Gasteiger partial charge in [-0.15, -0.1) is 0 Å². The highest BCUT2D eigenvalue weighted by Gasteiger charge is 2.11. The summed E-state index contributed by atoms with van der Waals surface area (Å²) in [6, 6.07) is 4.12. The highest BCUT2D eigenvalue weighted by atomic mass is 16.4. The van der Waals surface area contributed by atoms with Crippen LogP contribution in [-0.2, 0) is 6.54 Å². The van der Waals surface area contributed by atoms with E-state index in [9.17, 15) is 9.59 Å². The van der Waals surface area contributed by atoms with Crippen LogP contribution < -0.4 is 0 Å². The Labute approximate surface area is 92.9 Å². The van der Waals surface area contributed by atoms with Gasteiger partial charge in [0.2, 0.25) is 0 Å². The van der Waals surface area contributed by atoms with Gasteiger partial charge in [0.15, 0.2) is 0 Å². The van der Waals surface area contributed by atoms with Crippen LogP contribution in [0.5, 0.6) is 0 Å². The fourth-order valence-electron chi connectivity index (χ4n) is 1.40. The van der Waals surface area contributed by atoms with Crippen molar-refractivity contribution >= 4 is 11.9 Å². The Morgan fingerprint density at radius 1 is 1.06 bits per heavy atom. The van der Waals surface area contributed by atoms with E-state index in [-0.39, 0.29) is 11.1 Å². The second-order valence-electron chi connectivity index (χ2n) is 3.77. The lowest BCUT2D eigenvalue weighted by molar-refractivity contribution is 0.0696. The van der Waals surface area contributed by atoms with Crippen molar-refractivity contribution in [2.45, 2.75) is 6.54 Å². The molecule has 0 unspecified atom stereocenters. The van der Waals surface area contributed by atoms with Gasteiger partial charge in [-0.1, -0.05) is 0 Å². The van der Waals surface area contributed by atoms with Gasteiger partial charge in [-0.3, -0.25) is 0 Å². The molecule has 1 aromatic carbocycles. The first kappa shape index (κ1) is 12.2. The quantitative estimate of drug-likeness (QED) is 0.800. The number of carboxylic acids is 2. The van der Waals surface area contributed by atoms with E-state index in [4.69, 9.17) is 10.2 Å². The van der Waals surface area contributed by atoms with Crippen LogP contribution in [0.4, 0.5) is 0 Å². The molecule has 0 heterocycles. The van der Waals surface area contributed by atoms with Gasteiger partial charge >= 0.3 is 11.9 Å². The number of hydrogen-bond acceptors (Lipinski definition) is 3. The molecule has 0 aliphatic heterocycles. The zero-order valence-electron chi connectivity index (χ0n) is 9.10. The first-order valence-corrected chi connectivity index (χ1v) is 4.65. The summed E-state index contributed by atoms with van der Waals surface area (Å²) >= 11 is 0. The van der Waals surface area contributed by atoms with Gasteiger partial charge in [-0.25, -0.2) is 9.59 Å². The highest BCUT2D eigenvalue weighted by molar-refractivity contribution is 5.94. The summed E-state index contributed by atoms with van der Waals surface area (Å²) in [7, 11) is 3.65. The predicted molar refractivity (Wildman–Crippen MR) is 57.8 cm³/mol. The lowest BCUT2D eigenvalue weighted by atomic mass is 10.1. The van der Waals surface area contributed by atoms with Gasteiger partial charge in [-0.2, -0.15) is 0 Å². The fourth-order valence-corrected chi connectivity index (χ4v) is 1.40. The molecule has 0 fully saturated rings. The number of carbonyl (C=O) groups is 2. The Balaban J connectivity index is 3.18. The van der Waals surface area contributed by atoms with E-state index in [0.717, 1.165) is 6.07 Å². The Kier molecular flexibility index (Phi) is 3.63. The van der Waals surface area contributed by atoms with Crippen molar-refractivity contribution in [3.8, 4) is 0 Å². The minimum atomic E-state index is -1.12. The molecule has 0 radical (unpaired) electrons. The molecule has 16 heavy (non-hydrogen) atoms. The van der Waals surface area contributed by atoms with E-state index in [2.05, 4.69) is 0 Å². The third-order valence-corrected chi connectivity index (χ3v) is 1.99. The Hall–Kier alpha value is -1.88. The molecule has 0 amide bonds. The summed E-state index contributed by atoms with van der Waals surface area (Å²) in [6.07, 6.45) is 0. The molecule has 1 rings (SSSR count). The first-order valence-electron chi connectivity index (χ1n) is 4.65. The van der Waals surface area contributed by atoms with Gasteiger partial charge in [0, 0.05) is 6.54 Å². The maximum Gasteiger partial charge on any atom is 0.335 e. The third kappa shape index (κ3) is 3.06. The molecule has 0 bridgehead atoms. The molecule has 0 atom stereocenters. The Morgan fingerprint density at radius 2 is 1.50 bits per heavy atom. The molecular formula is C11H13NO4. The number of benzene rings is 1. The van der Waals surface area contributed by atoms with Crippen molar-refractivity contribution < 1.29 is 19.8 Å². The molecule has 0 saturated carbocycles. The highest BCUT2D eigenvalue weighted by Crippen LogP contribution is 2.12. The lowest BCUT2D eigenvalue weighted by Crippen LogP contribution is -2.12. The fraction of sp³-hybridized carbons (Fsp3) is 0.273. The summed E-state index contributed by atoms with van der Waals surface area (Å²) < 4.78 is 0. The molecule has 2 N–H and O–H groups in total. The molecule has 86 valence electrons. The van der Waals surface area contributed by atoms with Crippen LogP contribution in [0.15, 0.2) is 18.2 Å². The first-order chi connectivity index (χ1) is 7.40. The van der Waals surface area contributed by atoms with Crippen LogP contribution in [0.1, 0.15) is 26.3 Å². The molecular weight excluding hydrogens is 210 g/mol. The van der Waals surface area contributed by atoms with Crippen molar-refractivity contribution in [1.29, 1.82) is 0 Å². The minimum absolute atomic E-state index is 0.00301. The van der Waals surface area contributed by atoms with Gasteiger partial charge in [-0.05, 0) is 37.9 Å². The maximum absolute atomic E-state index is 10.8. The molecule has 0 aliphatic carbocycles. The number of nitrogens with zero attached hydrogens (tertiary/aromatic N) is 1. The summed E-state index contributed by atoms with van der Waals surface area (Å²) in [5, 5.41) is 17.7. The smallest absolute Gasteiger partial charge is 0.335 e. The van der Waals surface area contributed by atoms with E-state index in [1.165, 1.54) is 12.1 Å². The molecule has 0 spiro atoms. The Bertz CT molecular complexity index is 394. The average Bonchev–Trinajstić information content (AvgIpc) is 2.15. The van der Waals surface area contributed by atoms with E-state index in [1.54, 1.807) is 0 Å². The number of hydrogen-bond donors (Lipinski definition) is 2. The van der Waals surface area contributed by atoms with E-state index < -0.39 is 11.9 Å². The van der Waals surface area contributed by atoms with Crippen molar-refractivity contribution in [1.82, 2.24) is 4.90 Å². The van der Waals surface area contributed by atoms with Crippen LogP contribution in [0.3, 0.4) is 0 Å². The lowest BCUT2D eigenvalue weighted by Gasteiger charge is -2.11. The molecule has 0 aromatic heterocycles. The molecule has 0 aliphatic rings. The van der Waals surface area contributed by atoms with Crippen molar-refractivity contribution in [2.24, 2.45) is 0 Å². The second kappa shape index (κ2) is 4.76. The number of rotatable bonds is 4. The SMILES string of the molecule is CN(C)Cc1cc(C(=O)O)cc(C(=O)O)c1. The normalized spacial score (nSPS) is 10.4. The van der Waals surface area contributed by atoms with Crippen molar-refractivity contribution in [3.05, 3.63) is 34.9 Å². The van der Waals surface area contributed by atoms with Crippen molar-refractivity contribution in [2.75, 3.05) is 14.1 Å². The topological polar surface area (TPSA) is 77.8 Å². The monoisotopic (exact) mass is 223 g/mol. The molecule has 5 heteroatoms.